The first-order chi connectivity index (χ1) is 20.6. The number of hydrogen-bond donors (Lipinski definition) is 0. The van der Waals surface area contributed by atoms with E-state index in [1.807, 2.05) is 0 Å². The normalized spacial score (nSPS) is 17.8. The molecule has 2 unspecified atom stereocenters. The summed E-state index contributed by atoms with van der Waals surface area (Å²) >= 11 is 15.4. The second-order valence-electron chi connectivity index (χ2n) is 9.65. The third kappa shape index (κ3) is 7.19. The first-order valence-electron chi connectivity index (χ1n) is 13.4. The zero-order valence-corrected chi connectivity index (χ0v) is 28.3. The summed E-state index contributed by atoms with van der Waals surface area (Å²) in [6.45, 7) is 0. The first-order valence-corrected chi connectivity index (χ1v) is 19.8. The Hall–Kier alpha value is -1.62. The second-order valence-corrected chi connectivity index (χ2v) is 17.4. The number of alkyl halides is 2. The topological polar surface area (TPSA) is 0 Å². The Morgan fingerprint density at radius 2 is 0.738 bits per heavy atom. The minimum atomic E-state index is -1.05. The summed E-state index contributed by atoms with van der Waals surface area (Å²) in [4.78, 5) is 0. The van der Waals surface area contributed by atoms with E-state index in [9.17, 15) is 0 Å². The molecule has 0 spiro atoms. The van der Waals surface area contributed by atoms with Crippen LogP contribution in [-0.4, -0.2) is 4.33 Å². The molecule has 7 heteroatoms. The molecule has 0 amide bonds. The molecular weight excluding hydrogens is 680 g/mol. The summed E-state index contributed by atoms with van der Waals surface area (Å²) in [5.41, 5.74) is 0. The van der Waals surface area contributed by atoms with Crippen LogP contribution in [0.15, 0.2) is 168 Å². The molecule has 42 heavy (non-hydrogen) atoms. The van der Waals surface area contributed by atoms with Gasteiger partial charge in [0.2, 0.25) is 0 Å². The molecule has 2 aliphatic rings. The molecule has 4 aromatic carbocycles. The van der Waals surface area contributed by atoms with E-state index in [-0.39, 0.29) is 25.0 Å². The summed E-state index contributed by atoms with van der Waals surface area (Å²) in [6.07, 6.45) is 13.2. The van der Waals surface area contributed by atoms with Gasteiger partial charge in [0.15, 0.2) is 0 Å². The van der Waals surface area contributed by atoms with Gasteiger partial charge in [-0.15, -0.1) is 0 Å². The Balaban J connectivity index is 0.00000113. The number of allylic oxidation sites excluding steroid dienone is 8. The van der Waals surface area contributed by atoms with Gasteiger partial charge in [-0.1, -0.05) is 181 Å². The Morgan fingerprint density at radius 3 is 1.00 bits per heavy atom. The third-order valence-corrected chi connectivity index (χ3v) is 13.3. The zero-order chi connectivity index (χ0) is 29.4. The van der Waals surface area contributed by atoms with Crippen LogP contribution in [0.4, 0.5) is 0 Å². The summed E-state index contributed by atoms with van der Waals surface area (Å²) in [6, 6.07) is 43.1. The fourth-order valence-electron chi connectivity index (χ4n) is 5.41. The quantitative estimate of drug-likeness (QED) is 0.0972. The van der Waals surface area contributed by atoms with Gasteiger partial charge in [0.1, 0.15) is 4.33 Å². The minimum absolute atomic E-state index is 0.119. The standard InChI is InChI=1S/C35H28Cl2P2.2ClH.Fe/c36-35(37,31-23-13-25-33(31)38(27-15-5-1-6-16-27)28-17-7-2-8-18-28)32-24-14-26-34(32)39(29-19-9-3-10-20-29)30-21-11-4-12-22-30;;;/h1-26,31-32H;2*1H;/q;;;+2/p-2. The van der Waals surface area contributed by atoms with Gasteiger partial charge in [0, 0.05) is 11.8 Å². The van der Waals surface area contributed by atoms with Crippen LogP contribution in [0.1, 0.15) is 0 Å². The Morgan fingerprint density at radius 1 is 0.476 bits per heavy atom. The molecular formula is C35H28Cl4FeP2. The van der Waals surface area contributed by atoms with E-state index >= 15 is 0 Å². The van der Waals surface area contributed by atoms with Gasteiger partial charge in [-0.25, -0.2) is 0 Å². The average Bonchev–Trinajstić information content (AvgIpc) is 3.72. The molecule has 0 saturated carbocycles. The molecule has 0 fully saturated rings. The van der Waals surface area contributed by atoms with Crippen LogP contribution in [0.25, 0.3) is 0 Å². The Labute approximate surface area is 276 Å². The van der Waals surface area contributed by atoms with Crippen LogP contribution in [0, 0.1) is 11.8 Å². The van der Waals surface area contributed by atoms with E-state index in [4.69, 9.17) is 43.4 Å². The maximum absolute atomic E-state index is 7.58. The molecule has 2 aliphatic carbocycles. The molecule has 4 aromatic rings. The Kier molecular flexibility index (Phi) is 11.7. The van der Waals surface area contributed by atoms with E-state index in [1.165, 1.54) is 31.8 Å². The number of rotatable bonds is 8. The molecule has 0 heterocycles. The molecule has 0 aromatic heterocycles. The predicted octanol–water partition coefficient (Wildman–Crippen LogP) is 9.94. The summed E-state index contributed by atoms with van der Waals surface area (Å²) in [7, 11) is 7.94. The van der Waals surface area contributed by atoms with Crippen molar-refractivity contribution in [1.29, 1.82) is 0 Å². The van der Waals surface area contributed by atoms with Gasteiger partial charge in [0.25, 0.3) is 0 Å². The average molecular weight is 708 g/mol. The second kappa shape index (κ2) is 15.4. The van der Waals surface area contributed by atoms with Crippen LogP contribution in [-0.2, 0) is 13.1 Å². The van der Waals surface area contributed by atoms with Crippen molar-refractivity contribution in [1.82, 2.24) is 0 Å². The SMILES string of the molecule is ClC(Cl)(C1C=CC=C1P(c1ccccc1)c1ccccc1)C1C=CC=C1P(c1ccccc1)c1ccccc1.[Cl][Fe][Cl]. The number of benzene rings is 4. The molecule has 6 rings (SSSR count). The molecule has 0 N–H and O–H groups in total. The molecule has 0 nitrogen and oxygen atoms in total. The third-order valence-electron chi connectivity index (χ3n) is 7.18. The van der Waals surface area contributed by atoms with Crippen LogP contribution < -0.4 is 21.2 Å². The first kappa shape index (κ1) is 31.8. The summed E-state index contributed by atoms with van der Waals surface area (Å²) in [5, 5.41) is 7.78. The van der Waals surface area contributed by atoms with Crippen LogP contribution in [0.2, 0.25) is 0 Å². The maximum atomic E-state index is 7.58. The van der Waals surface area contributed by atoms with E-state index in [2.05, 4.69) is 158 Å². The van der Waals surface area contributed by atoms with E-state index in [1.54, 1.807) is 0 Å². The van der Waals surface area contributed by atoms with Crippen molar-refractivity contribution in [3.63, 3.8) is 0 Å². The molecule has 0 aliphatic heterocycles. The van der Waals surface area contributed by atoms with Crippen LogP contribution >= 0.6 is 59.2 Å². The van der Waals surface area contributed by atoms with Crippen molar-refractivity contribution in [2.45, 2.75) is 4.33 Å². The monoisotopic (exact) mass is 706 g/mol. The van der Waals surface area contributed by atoms with Gasteiger partial charge in [0.05, 0.1) is 0 Å². The predicted molar refractivity (Wildman–Crippen MR) is 186 cm³/mol. The van der Waals surface area contributed by atoms with Crippen molar-refractivity contribution in [3.8, 4) is 0 Å². The van der Waals surface area contributed by atoms with Crippen LogP contribution in [0.3, 0.4) is 0 Å². The van der Waals surface area contributed by atoms with Crippen molar-refractivity contribution in [2.24, 2.45) is 11.8 Å². The molecule has 0 bridgehead atoms. The van der Waals surface area contributed by atoms with Gasteiger partial charge >= 0.3 is 33.3 Å². The van der Waals surface area contributed by atoms with Gasteiger partial charge < -0.3 is 0 Å². The molecule has 0 radical (unpaired) electrons. The van der Waals surface area contributed by atoms with E-state index in [0.717, 1.165) is 0 Å². The van der Waals surface area contributed by atoms with Crippen molar-refractivity contribution < 1.29 is 13.1 Å². The fraction of sp³-hybridized carbons (Fsp3) is 0.0857. The zero-order valence-electron chi connectivity index (χ0n) is 22.4. The van der Waals surface area contributed by atoms with Crippen molar-refractivity contribution >= 4 is 80.5 Å². The summed E-state index contributed by atoms with van der Waals surface area (Å²) in [5.74, 6) is -0.237. The van der Waals surface area contributed by atoms with Gasteiger partial charge in [-0.3, -0.25) is 0 Å². The van der Waals surface area contributed by atoms with E-state index < -0.39 is 20.2 Å². The van der Waals surface area contributed by atoms with Crippen molar-refractivity contribution in [3.05, 3.63) is 168 Å². The Bertz CT molecular complexity index is 1360. The number of halogens is 4. The van der Waals surface area contributed by atoms with Gasteiger partial charge in [-0.05, 0) is 47.7 Å². The van der Waals surface area contributed by atoms with Gasteiger partial charge in [-0.2, -0.15) is 0 Å². The van der Waals surface area contributed by atoms with Crippen LogP contribution in [0.5, 0.6) is 0 Å². The number of hydrogen-bond acceptors (Lipinski definition) is 0. The molecule has 214 valence electrons. The van der Waals surface area contributed by atoms with Crippen molar-refractivity contribution in [2.75, 3.05) is 0 Å². The summed E-state index contributed by atoms with van der Waals surface area (Å²) < 4.78 is -1.05. The molecule has 2 atom stereocenters. The fourth-order valence-corrected chi connectivity index (χ4v) is 11.8. The van der Waals surface area contributed by atoms with E-state index in [0.29, 0.717) is 0 Å². The molecule has 0 saturated heterocycles.